The highest BCUT2D eigenvalue weighted by Gasteiger charge is 2.34. The average Bonchev–Trinajstić information content (AvgIpc) is 2.01. The highest BCUT2D eigenvalue weighted by atomic mass is 35.5. The molecule has 0 amide bonds. The van der Waals surface area contributed by atoms with Crippen molar-refractivity contribution in [3.63, 3.8) is 0 Å². The third-order valence-electron chi connectivity index (χ3n) is 1.42. The van der Waals surface area contributed by atoms with Crippen molar-refractivity contribution in [2.75, 3.05) is 0 Å². The van der Waals surface area contributed by atoms with Crippen molar-refractivity contribution in [1.29, 1.82) is 5.41 Å². The van der Waals surface area contributed by atoms with Crippen LogP contribution in [0.4, 0.5) is 13.2 Å². The number of nitrogens with zero attached hydrogens (tertiary/aromatic N) is 1. The van der Waals surface area contributed by atoms with Crippen LogP contribution >= 0.6 is 11.6 Å². The molecule has 1 rings (SSSR count). The van der Waals surface area contributed by atoms with Crippen molar-refractivity contribution >= 4 is 17.4 Å². The Kier molecular flexibility index (Phi) is 2.66. The van der Waals surface area contributed by atoms with Crippen molar-refractivity contribution in [1.82, 2.24) is 4.98 Å². The topological polar surface area (TPSA) is 62.8 Å². The second-order valence-corrected chi connectivity index (χ2v) is 2.83. The van der Waals surface area contributed by atoms with Crippen LogP contribution in [0, 0.1) is 5.41 Å². The fourth-order valence-corrected chi connectivity index (χ4v) is 1.02. The van der Waals surface area contributed by atoms with E-state index in [1.807, 2.05) is 0 Å². The smallest absolute Gasteiger partial charge is 0.382 e. The molecule has 1 aromatic rings. The van der Waals surface area contributed by atoms with Gasteiger partial charge in [-0.1, -0.05) is 11.6 Å². The molecule has 0 spiro atoms. The molecule has 0 aromatic carbocycles. The number of alkyl halides is 3. The van der Waals surface area contributed by atoms with Crippen LogP contribution in [0.5, 0.6) is 0 Å². The molecule has 0 fully saturated rings. The summed E-state index contributed by atoms with van der Waals surface area (Å²) in [4.78, 5) is 3.33. The van der Waals surface area contributed by atoms with E-state index in [1.54, 1.807) is 0 Å². The first kappa shape index (κ1) is 10.8. The molecule has 0 aliphatic heterocycles. The number of nitrogen functional groups attached to an aromatic ring is 1. The standard InChI is InChI=1S/C7H5ClF3N3/c8-4-2-1-3(7(9,10)11)5(14-4)6(12)13/h1-2H,(H3,12,13). The average molecular weight is 224 g/mol. The zero-order valence-corrected chi connectivity index (χ0v) is 7.45. The number of amidine groups is 1. The molecule has 0 aliphatic carbocycles. The van der Waals surface area contributed by atoms with Gasteiger partial charge in [-0.25, -0.2) is 4.98 Å². The maximum Gasteiger partial charge on any atom is 0.418 e. The normalized spacial score (nSPS) is 11.4. The Balaban J connectivity index is 3.37. The summed E-state index contributed by atoms with van der Waals surface area (Å²) < 4.78 is 36.9. The summed E-state index contributed by atoms with van der Waals surface area (Å²) in [6.07, 6.45) is -4.58. The maximum atomic E-state index is 12.3. The lowest BCUT2D eigenvalue weighted by Crippen LogP contribution is -2.20. The number of nitrogens with one attached hydrogen (secondary N) is 1. The zero-order valence-electron chi connectivity index (χ0n) is 6.69. The highest BCUT2D eigenvalue weighted by Crippen LogP contribution is 2.31. The van der Waals surface area contributed by atoms with Gasteiger partial charge in [0.2, 0.25) is 0 Å². The molecule has 0 atom stereocenters. The van der Waals surface area contributed by atoms with Gasteiger partial charge in [-0.05, 0) is 12.1 Å². The van der Waals surface area contributed by atoms with E-state index in [0.29, 0.717) is 0 Å². The van der Waals surface area contributed by atoms with Crippen molar-refractivity contribution in [3.05, 3.63) is 28.5 Å². The Labute approximate surface area is 82.2 Å². The number of pyridine rings is 1. The monoisotopic (exact) mass is 223 g/mol. The number of rotatable bonds is 1. The first-order valence-corrected chi connectivity index (χ1v) is 3.78. The molecule has 1 heterocycles. The predicted octanol–water partition coefficient (Wildman–Crippen LogP) is 2.04. The lowest BCUT2D eigenvalue weighted by Gasteiger charge is -2.10. The van der Waals surface area contributed by atoms with Crippen LogP contribution in [0.1, 0.15) is 11.3 Å². The van der Waals surface area contributed by atoms with Gasteiger partial charge in [0.15, 0.2) is 0 Å². The molecule has 0 aliphatic rings. The maximum absolute atomic E-state index is 12.3. The van der Waals surface area contributed by atoms with Crippen LogP contribution < -0.4 is 5.73 Å². The minimum absolute atomic E-state index is 0.136. The van der Waals surface area contributed by atoms with E-state index >= 15 is 0 Å². The molecule has 0 bridgehead atoms. The summed E-state index contributed by atoms with van der Waals surface area (Å²) in [6, 6.07) is 1.74. The zero-order chi connectivity index (χ0) is 10.9. The van der Waals surface area contributed by atoms with Gasteiger partial charge in [-0.2, -0.15) is 13.2 Å². The summed E-state index contributed by atoms with van der Waals surface area (Å²) in [5.41, 5.74) is 3.23. The van der Waals surface area contributed by atoms with Gasteiger partial charge in [-0.3, -0.25) is 5.41 Å². The number of hydrogen-bond donors (Lipinski definition) is 2. The second-order valence-electron chi connectivity index (χ2n) is 2.44. The summed E-state index contributed by atoms with van der Waals surface area (Å²) in [5.74, 6) is -0.764. The molecular weight excluding hydrogens is 219 g/mol. The highest BCUT2D eigenvalue weighted by molar-refractivity contribution is 6.29. The minimum Gasteiger partial charge on any atom is -0.382 e. The molecule has 7 heteroatoms. The number of aromatic nitrogens is 1. The molecule has 0 unspecified atom stereocenters. The van der Waals surface area contributed by atoms with E-state index in [-0.39, 0.29) is 5.15 Å². The van der Waals surface area contributed by atoms with Gasteiger partial charge in [0, 0.05) is 0 Å². The lowest BCUT2D eigenvalue weighted by atomic mass is 10.2. The van der Waals surface area contributed by atoms with E-state index in [9.17, 15) is 13.2 Å². The van der Waals surface area contributed by atoms with Crippen LogP contribution in [-0.2, 0) is 6.18 Å². The van der Waals surface area contributed by atoms with Crippen molar-refractivity contribution in [2.24, 2.45) is 5.73 Å². The van der Waals surface area contributed by atoms with E-state index in [2.05, 4.69) is 4.98 Å². The van der Waals surface area contributed by atoms with E-state index in [4.69, 9.17) is 22.7 Å². The van der Waals surface area contributed by atoms with Crippen molar-refractivity contribution in [2.45, 2.75) is 6.18 Å². The van der Waals surface area contributed by atoms with Gasteiger partial charge < -0.3 is 5.73 Å². The SMILES string of the molecule is N=C(N)c1nc(Cl)ccc1C(F)(F)F. The van der Waals surface area contributed by atoms with E-state index in [1.165, 1.54) is 0 Å². The lowest BCUT2D eigenvalue weighted by molar-refractivity contribution is -0.137. The molecule has 76 valence electrons. The molecule has 0 saturated carbocycles. The van der Waals surface area contributed by atoms with Gasteiger partial charge in [0.05, 0.1) is 5.56 Å². The number of hydrogen-bond acceptors (Lipinski definition) is 2. The second kappa shape index (κ2) is 3.45. The first-order valence-electron chi connectivity index (χ1n) is 3.40. The fraction of sp³-hybridized carbons (Fsp3) is 0.143. The predicted molar refractivity (Wildman–Crippen MR) is 45.3 cm³/mol. The van der Waals surface area contributed by atoms with Gasteiger partial charge in [-0.15, -0.1) is 0 Å². The van der Waals surface area contributed by atoms with Crippen LogP contribution in [0.2, 0.25) is 5.15 Å². The number of nitrogens with two attached hydrogens (primary N) is 1. The Morgan fingerprint density at radius 2 is 2.00 bits per heavy atom. The molecule has 0 saturated heterocycles. The fourth-order valence-electron chi connectivity index (χ4n) is 0.869. The largest absolute Gasteiger partial charge is 0.418 e. The quantitative estimate of drug-likeness (QED) is 0.435. The third-order valence-corrected chi connectivity index (χ3v) is 1.63. The Bertz CT molecular complexity index is 375. The number of halogens is 4. The van der Waals surface area contributed by atoms with Crippen molar-refractivity contribution in [3.8, 4) is 0 Å². The van der Waals surface area contributed by atoms with E-state index in [0.717, 1.165) is 12.1 Å². The van der Waals surface area contributed by atoms with Gasteiger partial charge >= 0.3 is 6.18 Å². The molecule has 0 radical (unpaired) electrons. The van der Waals surface area contributed by atoms with Gasteiger partial charge in [0.1, 0.15) is 16.7 Å². The van der Waals surface area contributed by atoms with E-state index < -0.39 is 23.3 Å². The summed E-state index contributed by atoms with van der Waals surface area (Å²) in [5, 5.41) is 6.77. The van der Waals surface area contributed by atoms with Crippen molar-refractivity contribution < 1.29 is 13.2 Å². The minimum atomic E-state index is -4.58. The van der Waals surface area contributed by atoms with Gasteiger partial charge in [0.25, 0.3) is 0 Å². The third kappa shape index (κ3) is 2.14. The Hall–Kier alpha value is -1.30. The molecular formula is C7H5ClF3N3. The molecule has 3 N–H and O–H groups in total. The van der Waals surface area contributed by atoms with Crippen LogP contribution in [0.3, 0.4) is 0 Å². The van der Waals surface area contributed by atoms with Crippen LogP contribution in [-0.4, -0.2) is 10.8 Å². The van der Waals surface area contributed by atoms with Crippen LogP contribution in [0.25, 0.3) is 0 Å². The molecule has 1 aromatic heterocycles. The first-order chi connectivity index (χ1) is 6.32. The Morgan fingerprint density at radius 1 is 1.43 bits per heavy atom. The van der Waals surface area contributed by atoms with Crippen LogP contribution in [0.15, 0.2) is 12.1 Å². The summed E-state index contributed by atoms with van der Waals surface area (Å²) >= 11 is 5.38. The molecule has 3 nitrogen and oxygen atoms in total. The Morgan fingerprint density at radius 3 is 2.43 bits per heavy atom. The molecule has 14 heavy (non-hydrogen) atoms. The summed E-state index contributed by atoms with van der Waals surface area (Å²) in [7, 11) is 0. The summed E-state index contributed by atoms with van der Waals surface area (Å²) in [6.45, 7) is 0.